The smallest absolute Gasteiger partial charge is 0.0445 e. The Labute approximate surface area is 616 Å². The van der Waals surface area contributed by atoms with Crippen LogP contribution in [0.2, 0.25) is 13.3 Å². The van der Waals surface area contributed by atoms with E-state index in [0.717, 1.165) is 8.95 Å². The quantitative estimate of drug-likeness (QED) is 0.0833. The summed E-state index contributed by atoms with van der Waals surface area (Å²) < 4.78 is 11.2. The van der Waals surface area contributed by atoms with Gasteiger partial charge in [-0.2, -0.15) is 0 Å². The first-order valence-corrected chi connectivity index (χ1v) is 48.6. The number of aryl methyl sites for hydroxylation is 2. The van der Waals surface area contributed by atoms with Crippen molar-refractivity contribution in [3.05, 3.63) is 189 Å². The fourth-order valence-corrected chi connectivity index (χ4v) is 40.0. The number of benzene rings is 4. The van der Waals surface area contributed by atoms with E-state index in [0.29, 0.717) is 0 Å². The van der Waals surface area contributed by atoms with Gasteiger partial charge in [0.25, 0.3) is 0 Å². The molecule has 0 bridgehead atoms. The number of alkyl halides is 2. The first-order valence-electron chi connectivity index (χ1n) is 26.4. The summed E-state index contributed by atoms with van der Waals surface area (Å²) in [5, 5.41) is 6.44. The van der Waals surface area contributed by atoms with Gasteiger partial charge in [-0.1, -0.05) is 152 Å². The molecule has 0 radical (unpaired) electrons. The molecule has 17 heteroatoms. The van der Waals surface area contributed by atoms with Gasteiger partial charge < -0.3 is 0 Å². The molecule has 2 aliphatic rings. The minimum absolute atomic E-state index is 0. The molecular formula is C69H86Br6S10Sn. The van der Waals surface area contributed by atoms with Crippen LogP contribution in [0.4, 0.5) is 0 Å². The molecule has 468 valence electrons. The van der Waals surface area contributed by atoms with Crippen LogP contribution in [0.5, 0.6) is 0 Å². The zero-order valence-corrected chi connectivity index (χ0v) is 66.8. The molecule has 0 fully saturated rings. The third-order valence-electron chi connectivity index (χ3n) is 12.5. The topological polar surface area (TPSA) is 0 Å². The van der Waals surface area contributed by atoms with Gasteiger partial charge in [0.2, 0.25) is 0 Å². The van der Waals surface area contributed by atoms with Crippen molar-refractivity contribution >= 4 is 232 Å². The third-order valence-corrected chi connectivity index (χ3v) is 45.9. The number of hydrogen-bond donors (Lipinski definition) is 0. The van der Waals surface area contributed by atoms with Crippen molar-refractivity contribution in [3.63, 3.8) is 0 Å². The van der Waals surface area contributed by atoms with Crippen LogP contribution in [-0.2, 0) is 0 Å². The van der Waals surface area contributed by atoms with Crippen LogP contribution >= 0.6 is 211 Å². The monoisotopic (exact) mass is 1830 g/mol. The maximum atomic E-state index is 3.61. The van der Waals surface area contributed by atoms with Crippen LogP contribution in [0.1, 0.15) is 106 Å². The zero-order valence-electron chi connectivity index (χ0n) is 46.3. The number of thiophene rings is 6. The Morgan fingerprint density at radius 2 is 0.686 bits per heavy atom. The summed E-state index contributed by atoms with van der Waals surface area (Å²) in [6.45, 7) is 11.4. The van der Waals surface area contributed by atoms with Crippen molar-refractivity contribution in [1.82, 2.24) is 0 Å². The van der Waals surface area contributed by atoms with Gasteiger partial charge in [0.05, 0.1) is 0 Å². The fraction of sp³-hybridized carbons (Fsp3) is 0.304. The Balaban J connectivity index is 0.000000533. The van der Waals surface area contributed by atoms with Gasteiger partial charge in [-0.15, -0.1) is 45.3 Å². The second-order valence-electron chi connectivity index (χ2n) is 18.2. The summed E-state index contributed by atoms with van der Waals surface area (Å²) in [7, 11) is 0. The summed E-state index contributed by atoms with van der Waals surface area (Å²) in [6, 6.07) is 52.2. The van der Waals surface area contributed by atoms with Crippen LogP contribution in [-0.4, -0.2) is 30.0 Å². The van der Waals surface area contributed by atoms with E-state index in [1.807, 2.05) is 95.6 Å². The Kier molecular flexibility index (Phi) is 44.5. The Hall–Kier alpha value is 0.159. The summed E-state index contributed by atoms with van der Waals surface area (Å²) in [4.78, 5) is 21.9. The van der Waals surface area contributed by atoms with Gasteiger partial charge in [-0.05, 0) is 185 Å². The molecule has 6 aromatic heterocycles. The predicted octanol–water partition coefficient (Wildman–Crippen LogP) is 32.0. The van der Waals surface area contributed by atoms with Gasteiger partial charge in [0.15, 0.2) is 0 Å². The van der Waals surface area contributed by atoms with E-state index in [2.05, 4.69) is 303 Å². The van der Waals surface area contributed by atoms with E-state index < -0.39 is 18.4 Å². The van der Waals surface area contributed by atoms with Crippen molar-refractivity contribution in [3.8, 4) is 29.3 Å². The van der Waals surface area contributed by atoms with Crippen molar-refractivity contribution in [2.45, 2.75) is 163 Å². The van der Waals surface area contributed by atoms with Gasteiger partial charge >= 0.3 is 156 Å². The molecule has 12 rings (SSSR count). The Morgan fingerprint density at radius 1 is 0.337 bits per heavy atom. The SMILES string of the molecule is Brc1cc2c(cc1Br)Sc1ccccc1S2.Brc1cccc2c1Sc1c(Br)cccc1S2.C.C.C.C.C.CBr.CBr.CCC[CH2][Sn]([CH2]CCC)([CH2]CCC)[c]1ccc(-c2cccs2)s1.Cc1ccc(-c2cccs2)s1.Cc1ccc(-c2cccs2)s1. The fourth-order valence-electron chi connectivity index (χ4n) is 8.52. The van der Waals surface area contributed by atoms with Crippen LogP contribution in [0.25, 0.3) is 29.3 Å². The molecule has 0 unspecified atom stereocenters. The number of fused-ring (bicyclic) bond motifs is 4. The van der Waals surface area contributed by atoms with E-state index >= 15 is 0 Å². The summed E-state index contributed by atoms with van der Waals surface area (Å²) >= 11 is 36.7. The number of hydrogen-bond acceptors (Lipinski definition) is 10. The maximum Gasteiger partial charge on any atom is 0.0445 e. The second kappa shape index (κ2) is 45.5. The average molecular weight is 1830 g/mol. The molecule has 0 amide bonds. The van der Waals surface area contributed by atoms with Crippen LogP contribution in [0.3, 0.4) is 0 Å². The minimum Gasteiger partial charge on any atom is -0.143 e. The van der Waals surface area contributed by atoms with Crippen molar-refractivity contribution in [2.24, 2.45) is 0 Å². The Bertz CT molecular complexity index is 3190. The van der Waals surface area contributed by atoms with Gasteiger partial charge in [-0.25, -0.2) is 0 Å². The zero-order chi connectivity index (χ0) is 58.2. The number of rotatable bonds is 13. The molecule has 0 saturated heterocycles. The first kappa shape index (κ1) is 84.2. The van der Waals surface area contributed by atoms with Crippen LogP contribution in [0.15, 0.2) is 219 Å². The first-order chi connectivity index (χ1) is 39.5. The van der Waals surface area contributed by atoms with Crippen LogP contribution < -0.4 is 2.89 Å². The summed E-state index contributed by atoms with van der Waals surface area (Å²) in [6.07, 6.45) is 8.45. The minimum atomic E-state index is -2.19. The summed E-state index contributed by atoms with van der Waals surface area (Å²) in [5.41, 5.74) is 0. The molecule has 0 N–H and O–H groups in total. The van der Waals surface area contributed by atoms with E-state index in [1.165, 1.54) is 126 Å². The summed E-state index contributed by atoms with van der Waals surface area (Å²) in [5.74, 6) is 3.62. The van der Waals surface area contributed by atoms with E-state index in [9.17, 15) is 0 Å². The molecule has 0 atom stereocenters. The number of halogens is 6. The molecule has 0 nitrogen and oxygen atoms in total. The molecule has 0 aliphatic carbocycles. The van der Waals surface area contributed by atoms with Gasteiger partial charge in [0, 0.05) is 86.3 Å². The largest absolute Gasteiger partial charge is 0.143 e. The number of unbranched alkanes of at least 4 members (excludes halogenated alkanes) is 3. The molecule has 8 heterocycles. The molecule has 0 spiro atoms. The predicted molar refractivity (Wildman–Crippen MR) is 433 cm³/mol. The molecule has 10 aromatic rings. The molecule has 0 saturated carbocycles. The Morgan fingerprint density at radius 3 is 1.02 bits per heavy atom. The van der Waals surface area contributed by atoms with Gasteiger partial charge in [0.1, 0.15) is 0 Å². The normalized spacial score (nSPS) is 10.8. The molecule has 4 aromatic carbocycles. The second-order valence-corrected chi connectivity index (χ2v) is 46.6. The van der Waals surface area contributed by atoms with Crippen LogP contribution in [0, 0.1) is 13.8 Å². The molecule has 2 aliphatic heterocycles. The van der Waals surface area contributed by atoms with E-state index in [1.54, 1.807) is 36.0 Å². The van der Waals surface area contributed by atoms with Crippen molar-refractivity contribution < 1.29 is 0 Å². The van der Waals surface area contributed by atoms with E-state index in [-0.39, 0.29) is 37.1 Å². The molecular weight excluding hydrogens is 1750 g/mol. The average Bonchev–Trinajstić information content (AvgIpc) is 1.93. The molecule has 86 heavy (non-hydrogen) atoms. The van der Waals surface area contributed by atoms with Gasteiger partial charge in [-0.3, -0.25) is 0 Å². The third kappa shape index (κ3) is 25.1. The van der Waals surface area contributed by atoms with Crippen molar-refractivity contribution in [2.75, 3.05) is 11.7 Å². The van der Waals surface area contributed by atoms with E-state index in [4.69, 9.17) is 0 Å². The standard InChI is InChI=1S/2C12H6Br2S2.2C9H8S2.C8H5S2.3C4H9.2CH3Br.5CH4.Sn/c13-7-3-1-5-9-11(7)16-12-8(14)4-2-6-10(12)15-9;13-7-5-11-12(6-8(7)14)16-10-4-2-1-3-9(10)15-11;2*1-7-4-5-9(11-7)8-3-2-6-10-8;1-3-7(9-5-1)8-4-2-6-10-8;3*1-3-4-2;2*1-2;;;;;;/h2*1-6H;2*2-6H,1H3;1-5H;3*1,3-4H2,2H3;2*1H3;5*1H4;. The maximum absolute atomic E-state index is 3.61. The van der Waals surface area contributed by atoms with Crippen molar-refractivity contribution in [1.29, 1.82) is 0 Å².